The van der Waals surface area contributed by atoms with Crippen molar-refractivity contribution < 1.29 is 5.11 Å². The Morgan fingerprint density at radius 3 is 2.57 bits per heavy atom. The van der Waals surface area contributed by atoms with Crippen molar-refractivity contribution >= 4 is 0 Å². The van der Waals surface area contributed by atoms with Crippen molar-refractivity contribution in [2.75, 3.05) is 0 Å². The molecule has 1 N–H and O–H groups in total. The first-order valence-corrected chi connectivity index (χ1v) is 5.11. The molecule has 0 spiro atoms. The fourth-order valence-corrected chi connectivity index (χ4v) is 1.44. The number of hydrogen-bond donors (Lipinski definition) is 1. The van der Waals surface area contributed by atoms with Crippen LogP contribution < -0.4 is 0 Å². The van der Waals surface area contributed by atoms with E-state index in [0.717, 1.165) is 18.4 Å². The van der Waals surface area contributed by atoms with Crippen LogP contribution in [-0.4, -0.2) is 11.2 Å². The third-order valence-electron chi connectivity index (χ3n) is 2.34. The highest BCUT2D eigenvalue weighted by Gasteiger charge is 2.05. The molecule has 1 aromatic carbocycles. The van der Waals surface area contributed by atoms with Crippen molar-refractivity contribution in [1.29, 1.82) is 0 Å². The van der Waals surface area contributed by atoms with Gasteiger partial charge in [0.25, 0.3) is 0 Å². The van der Waals surface area contributed by atoms with E-state index < -0.39 is 0 Å². The zero-order valence-corrected chi connectivity index (χ0v) is 8.74. The highest BCUT2D eigenvalue weighted by atomic mass is 16.3. The van der Waals surface area contributed by atoms with E-state index in [1.54, 1.807) is 0 Å². The molecular formula is C13H18O. The Labute approximate surface area is 86.1 Å². The van der Waals surface area contributed by atoms with E-state index in [9.17, 15) is 5.11 Å². The summed E-state index contributed by atoms with van der Waals surface area (Å²) in [6.07, 6.45) is 2.10. The van der Waals surface area contributed by atoms with E-state index in [1.807, 2.05) is 30.3 Å². The van der Waals surface area contributed by atoms with Crippen LogP contribution in [0.4, 0.5) is 0 Å². The zero-order chi connectivity index (χ0) is 10.4. The Hall–Kier alpha value is -1.08. The summed E-state index contributed by atoms with van der Waals surface area (Å²) in [5.41, 5.74) is 2.30. The third kappa shape index (κ3) is 3.75. The van der Waals surface area contributed by atoms with Crippen molar-refractivity contribution in [3.8, 4) is 0 Å². The number of hydrogen-bond acceptors (Lipinski definition) is 1. The van der Waals surface area contributed by atoms with E-state index >= 15 is 0 Å². The second kappa shape index (κ2) is 5.61. The minimum Gasteiger partial charge on any atom is -0.392 e. The molecule has 0 saturated carbocycles. The Balaban J connectivity index is 2.41. The van der Waals surface area contributed by atoms with Crippen LogP contribution in [0.15, 0.2) is 42.5 Å². The first-order chi connectivity index (χ1) is 6.72. The van der Waals surface area contributed by atoms with Gasteiger partial charge < -0.3 is 5.11 Å². The molecule has 1 aromatic rings. The van der Waals surface area contributed by atoms with Crippen molar-refractivity contribution in [2.45, 2.75) is 32.3 Å². The van der Waals surface area contributed by atoms with Gasteiger partial charge in [-0.2, -0.15) is 0 Å². The maximum atomic E-state index is 9.74. The lowest BCUT2D eigenvalue weighted by atomic mass is 10.0. The lowest BCUT2D eigenvalue weighted by Crippen LogP contribution is -2.10. The molecule has 0 saturated heterocycles. The summed E-state index contributed by atoms with van der Waals surface area (Å²) >= 11 is 0. The second-order valence-electron chi connectivity index (χ2n) is 3.65. The molecule has 14 heavy (non-hydrogen) atoms. The summed E-state index contributed by atoms with van der Waals surface area (Å²) in [5, 5.41) is 9.74. The molecule has 1 rings (SSSR count). The van der Waals surface area contributed by atoms with Gasteiger partial charge in [-0.3, -0.25) is 0 Å². The summed E-state index contributed by atoms with van der Waals surface area (Å²) in [4.78, 5) is 0. The van der Waals surface area contributed by atoms with Gasteiger partial charge in [0.2, 0.25) is 0 Å². The Morgan fingerprint density at radius 1 is 1.36 bits per heavy atom. The first kappa shape index (κ1) is 11.0. The van der Waals surface area contributed by atoms with Crippen LogP contribution in [0.5, 0.6) is 0 Å². The molecule has 0 aromatic heterocycles. The van der Waals surface area contributed by atoms with Crippen molar-refractivity contribution in [3.05, 3.63) is 48.0 Å². The van der Waals surface area contributed by atoms with E-state index in [-0.39, 0.29) is 6.10 Å². The molecule has 0 bridgehead atoms. The molecule has 0 aliphatic heterocycles. The Morgan fingerprint density at radius 2 is 2.00 bits per heavy atom. The fourth-order valence-electron chi connectivity index (χ4n) is 1.44. The third-order valence-corrected chi connectivity index (χ3v) is 2.34. The van der Waals surface area contributed by atoms with Crippen molar-refractivity contribution in [1.82, 2.24) is 0 Å². The van der Waals surface area contributed by atoms with Crippen LogP contribution in [-0.2, 0) is 6.42 Å². The molecule has 0 aliphatic rings. The monoisotopic (exact) mass is 190 g/mol. The number of aliphatic hydroxyl groups is 1. The molecule has 0 amide bonds. The van der Waals surface area contributed by atoms with Crippen LogP contribution >= 0.6 is 0 Å². The van der Waals surface area contributed by atoms with Crippen LogP contribution in [0.2, 0.25) is 0 Å². The topological polar surface area (TPSA) is 20.2 Å². The van der Waals surface area contributed by atoms with E-state index in [1.165, 1.54) is 5.56 Å². The van der Waals surface area contributed by atoms with Gasteiger partial charge in [0.05, 0.1) is 6.10 Å². The van der Waals surface area contributed by atoms with Crippen molar-refractivity contribution in [2.24, 2.45) is 0 Å². The molecule has 0 fully saturated rings. The number of aliphatic hydroxyl groups excluding tert-OH is 1. The van der Waals surface area contributed by atoms with Gasteiger partial charge in [-0.1, -0.05) is 49.4 Å². The van der Waals surface area contributed by atoms with E-state index in [2.05, 4.69) is 13.5 Å². The Kier molecular flexibility index (Phi) is 4.41. The SMILES string of the molecule is C=C(CC)CC(O)Cc1ccccc1. The molecule has 76 valence electrons. The van der Waals surface area contributed by atoms with Gasteiger partial charge >= 0.3 is 0 Å². The maximum absolute atomic E-state index is 9.74. The van der Waals surface area contributed by atoms with E-state index in [0.29, 0.717) is 6.42 Å². The lowest BCUT2D eigenvalue weighted by molar-refractivity contribution is 0.174. The first-order valence-electron chi connectivity index (χ1n) is 5.11. The minimum atomic E-state index is -0.287. The summed E-state index contributed by atoms with van der Waals surface area (Å²) in [5.74, 6) is 0. The Bertz CT molecular complexity index is 277. The molecule has 1 atom stereocenters. The smallest absolute Gasteiger partial charge is 0.0617 e. The van der Waals surface area contributed by atoms with Gasteiger partial charge in [0.1, 0.15) is 0 Å². The standard InChI is InChI=1S/C13H18O/c1-3-11(2)9-13(14)10-12-7-5-4-6-8-12/h4-8,13-14H,2-3,9-10H2,1H3. The summed E-state index contributed by atoms with van der Waals surface area (Å²) < 4.78 is 0. The molecule has 1 heteroatoms. The van der Waals surface area contributed by atoms with Crippen molar-refractivity contribution in [3.63, 3.8) is 0 Å². The summed E-state index contributed by atoms with van der Waals surface area (Å²) in [7, 11) is 0. The van der Waals surface area contributed by atoms with Gasteiger partial charge in [-0.15, -0.1) is 0 Å². The summed E-state index contributed by atoms with van der Waals surface area (Å²) in [6.45, 7) is 5.96. The van der Waals surface area contributed by atoms with Gasteiger partial charge in [0, 0.05) is 0 Å². The molecule has 0 radical (unpaired) electrons. The van der Waals surface area contributed by atoms with Gasteiger partial charge in [-0.05, 0) is 24.8 Å². The predicted molar refractivity (Wildman–Crippen MR) is 60.2 cm³/mol. The second-order valence-corrected chi connectivity index (χ2v) is 3.65. The van der Waals surface area contributed by atoms with Gasteiger partial charge in [0.15, 0.2) is 0 Å². The number of rotatable bonds is 5. The lowest BCUT2D eigenvalue weighted by Gasteiger charge is -2.11. The average Bonchev–Trinajstić information content (AvgIpc) is 2.19. The highest BCUT2D eigenvalue weighted by Crippen LogP contribution is 2.11. The summed E-state index contributed by atoms with van der Waals surface area (Å²) in [6, 6.07) is 10.1. The van der Waals surface area contributed by atoms with Crippen LogP contribution in [0, 0.1) is 0 Å². The van der Waals surface area contributed by atoms with Crippen LogP contribution in [0.3, 0.4) is 0 Å². The molecule has 1 unspecified atom stereocenters. The van der Waals surface area contributed by atoms with Gasteiger partial charge in [-0.25, -0.2) is 0 Å². The zero-order valence-electron chi connectivity index (χ0n) is 8.74. The molecule has 0 heterocycles. The quantitative estimate of drug-likeness (QED) is 0.708. The van der Waals surface area contributed by atoms with E-state index in [4.69, 9.17) is 0 Å². The minimum absolute atomic E-state index is 0.287. The normalized spacial score (nSPS) is 12.4. The molecule has 1 nitrogen and oxygen atoms in total. The number of benzene rings is 1. The largest absolute Gasteiger partial charge is 0.392 e. The molecular weight excluding hydrogens is 172 g/mol. The van der Waals surface area contributed by atoms with Crippen LogP contribution in [0.25, 0.3) is 0 Å². The fraction of sp³-hybridized carbons (Fsp3) is 0.385. The highest BCUT2D eigenvalue weighted by molar-refractivity contribution is 5.16. The predicted octanol–water partition coefficient (Wildman–Crippen LogP) is 2.95. The average molecular weight is 190 g/mol. The van der Waals surface area contributed by atoms with Crippen LogP contribution in [0.1, 0.15) is 25.3 Å². The molecule has 0 aliphatic carbocycles. The maximum Gasteiger partial charge on any atom is 0.0617 e.